The van der Waals surface area contributed by atoms with Gasteiger partial charge in [-0.2, -0.15) is 87.8 Å². The Morgan fingerprint density at radius 2 is 0.744 bits per heavy atom. The summed E-state index contributed by atoms with van der Waals surface area (Å²) >= 11 is 0. The molecule has 0 radical (unpaired) electrons. The molecule has 0 amide bonds. The predicted octanol–water partition coefficient (Wildman–Crippen LogP) is 6.56. The third-order valence-corrected chi connectivity index (χ3v) is 5.31. The first-order valence-corrected chi connectivity index (χ1v) is 10.6. The van der Waals surface area contributed by atoms with E-state index in [9.17, 15) is 96.6 Å². The van der Waals surface area contributed by atoms with Gasteiger partial charge >= 0.3 is 60.1 Å². The second-order valence-corrected chi connectivity index (χ2v) is 8.38. The van der Waals surface area contributed by atoms with Gasteiger partial charge in [-0.05, 0) is 6.42 Å². The number of halogens is 22. The molecule has 0 N–H and O–H groups in total. The fourth-order valence-electron chi connectivity index (χ4n) is 2.54. The molecule has 0 aromatic heterocycles. The summed E-state index contributed by atoms with van der Waals surface area (Å²) in [5.41, 5.74) is -18.1. The van der Waals surface area contributed by atoms with E-state index in [4.69, 9.17) is 0 Å². The zero-order chi connectivity index (χ0) is 32.1. The standard InChI is InChI=1S/C14H11F22NOSi/c15-5(16,4-38-2-1-3-39)12(31,32)37(13(33,34)6(17,8(19,20)21)9(22,23)24)14(35,36)7(18,10(25,26)27)11(28,29)30/h1-4H2,39H3. The highest BCUT2D eigenvalue weighted by Crippen LogP contribution is 2.65. The predicted molar refractivity (Wildman–Crippen MR) is 83.7 cm³/mol. The van der Waals surface area contributed by atoms with E-state index in [0.717, 1.165) is 0 Å². The van der Waals surface area contributed by atoms with Gasteiger partial charge in [0.05, 0.1) is 0 Å². The summed E-state index contributed by atoms with van der Waals surface area (Å²) in [5.74, 6) is -7.17. The number of ether oxygens (including phenoxy) is 1. The van der Waals surface area contributed by atoms with Crippen LogP contribution in [0.2, 0.25) is 6.04 Å². The minimum Gasteiger partial charge on any atom is -0.375 e. The van der Waals surface area contributed by atoms with Gasteiger partial charge in [0.15, 0.2) is 0 Å². The van der Waals surface area contributed by atoms with Crippen LogP contribution in [0.5, 0.6) is 0 Å². The van der Waals surface area contributed by atoms with Gasteiger partial charge in [0.25, 0.3) is 0 Å². The maximum absolute atomic E-state index is 14.3. The number of alkyl halides is 22. The molecular weight excluding hydrogens is 644 g/mol. The van der Waals surface area contributed by atoms with Crippen LogP contribution in [0.1, 0.15) is 6.42 Å². The van der Waals surface area contributed by atoms with Crippen LogP contribution in [0.3, 0.4) is 0 Å². The van der Waals surface area contributed by atoms with Crippen LogP contribution in [0, 0.1) is 0 Å². The largest absolute Gasteiger partial charge is 0.439 e. The molecule has 0 bridgehead atoms. The molecule has 25 heteroatoms. The summed E-state index contributed by atoms with van der Waals surface area (Å²) in [6.07, 6.45) is -34.7. The monoisotopic (exact) mass is 655 g/mol. The first-order valence-electron chi connectivity index (χ1n) is 9.22. The molecule has 0 unspecified atom stereocenters. The molecule has 0 spiro atoms. The van der Waals surface area contributed by atoms with Gasteiger partial charge in [0, 0.05) is 16.8 Å². The number of nitrogens with zero attached hydrogens (tertiary/aromatic N) is 1. The summed E-state index contributed by atoms with van der Waals surface area (Å²) in [4.78, 5) is -5.37. The van der Waals surface area contributed by atoms with Crippen LogP contribution in [0.4, 0.5) is 96.6 Å². The summed E-state index contributed by atoms with van der Waals surface area (Å²) in [6, 6.07) is -27.1. The molecule has 0 saturated carbocycles. The maximum atomic E-state index is 14.3. The summed E-state index contributed by atoms with van der Waals surface area (Å²) in [6.45, 7) is -4.53. The van der Waals surface area contributed by atoms with Crippen molar-refractivity contribution in [1.29, 1.82) is 0 Å². The highest BCUT2D eigenvalue weighted by Gasteiger charge is 2.96. The Labute approximate surface area is 203 Å². The lowest BCUT2D eigenvalue weighted by Gasteiger charge is -2.50. The van der Waals surface area contributed by atoms with E-state index in [2.05, 4.69) is 4.74 Å². The summed E-state index contributed by atoms with van der Waals surface area (Å²) in [7, 11) is 0.210. The Hall–Kier alpha value is -1.40. The van der Waals surface area contributed by atoms with Crippen molar-refractivity contribution in [3.8, 4) is 0 Å². The topological polar surface area (TPSA) is 12.5 Å². The Bertz CT molecular complexity index is 747. The molecule has 0 aliphatic rings. The lowest BCUT2D eigenvalue weighted by atomic mass is 9.94. The van der Waals surface area contributed by atoms with Crippen molar-refractivity contribution >= 4 is 10.2 Å². The average Bonchev–Trinajstić information content (AvgIpc) is 2.65. The van der Waals surface area contributed by atoms with Crippen molar-refractivity contribution in [2.45, 2.75) is 72.6 Å². The molecule has 0 atom stereocenters. The molecule has 0 aliphatic carbocycles. The fraction of sp³-hybridized carbons (Fsp3) is 1.00. The molecule has 0 aromatic carbocycles. The van der Waals surface area contributed by atoms with Crippen molar-refractivity contribution in [3.05, 3.63) is 0 Å². The maximum Gasteiger partial charge on any atom is 0.439 e. The first kappa shape index (κ1) is 37.6. The van der Waals surface area contributed by atoms with E-state index in [-0.39, 0.29) is 16.3 Å². The van der Waals surface area contributed by atoms with Gasteiger partial charge in [0.1, 0.15) is 6.61 Å². The fourth-order valence-corrected chi connectivity index (χ4v) is 2.83. The van der Waals surface area contributed by atoms with Gasteiger partial charge in [0.2, 0.25) is 0 Å². The van der Waals surface area contributed by atoms with Gasteiger partial charge < -0.3 is 4.74 Å². The SMILES string of the molecule is FC(F)(F)C(F)(C(F)(F)F)C(F)(F)N(C(F)(F)C(F)(F)COCCC[SiH3])C(F)(F)C(F)(C(F)(F)F)C(F)(F)F. The molecule has 0 saturated heterocycles. The molecule has 0 aliphatic heterocycles. The van der Waals surface area contributed by atoms with Crippen molar-refractivity contribution in [1.82, 2.24) is 4.90 Å². The second kappa shape index (κ2) is 10.5. The normalized spacial score (nSPS) is 16.4. The van der Waals surface area contributed by atoms with Crippen molar-refractivity contribution < 1.29 is 101 Å². The Morgan fingerprint density at radius 1 is 0.462 bits per heavy atom. The van der Waals surface area contributed by atoms with Gasteiger partial charge in [-0.3, -0.25) is 0 Å². The lowest BCUT2D eigenvalue weighted by molar-refractivity contribution is -0.519. The molecule has 39 heavy (non-hydrogen) atoms. The third kappa shape index (κ3) is 5.84. The van der Waals surface area contributed by atoms with E-state index >= 15 is 0 Å². The molecule has 0 fully saturated rings. The van der Waals surface area contributed by atoms with Gasteiger partial charge in [-0.25, -0.2) is 8.78 Å². The molecule has 0 aromatic rings. The van der Waals surface area contributed by atoms with E-state index in [1.165, 1.54) is 0 Å². The smallest absolute Gasteiger partial charge is 0.375 e. The lowest BCUT2D eigenvalue weighted by Crippen LogP contribution is -2.83. The Kier molecular flexibility index (Phi) is 10.1. The van der Waals surface area contributed by atoms with Crippen LogP contribution in [0.25, 0.3) is 0 Å². The Balaban J connectivity index is 7.97. The minimum absolute atomic E-state index is 0.0350. The molecule has 2 nitrogen and oxygen atoms in total. The zero-order valence-electron chi connectivity index (χ0n) is 18.0. The van der Waals surface area contributed by atoms with Crippen molar-refractivity contribution in [3.63, 3.8) is 0 Å². The quantitative estimate of drug-likeness (QED) is 0.108. The molecule has 236 valence electrons. The number of rotatable bonds is 11. The number of hydrogen-bond acceptors (Lipinski definition) is 2. The average molecular weight is 655 g/mol. The van der Waals surface area contributed by atoms with Crippen LogP contribution in [-0.4, -0.2) is 88.5 Å². The molecule has 0 rings (SSSR count). The van der Waals surface area contributed by atoms with E-state index < -0.39 is 84.6 Å². The highest BCUT2D eigenvalue weighted by atomic mass is 28.1. The van der Waals surface area contributed by atoms with Crippen LogP contribution < -0.4 is 0 Å². The van der Waals surface area contributed by atoms with E-state index in [1.807, 2.05) is 0 Å². The van der Waals surface area contributed by atoms with E-state index in [0.29, 0.717) is 0 Å². The van der Waals surface area contributed by atoms with E-state index in [1.54, 1.807) is 0 Å². The zero-order valence-corrected chi connectivity index (χ0v) is 20.0. The van der Waals surface area contributed by atoms with Crippen LogP contribution in [-0.2, 0) is 4.74 Å². The number of hydrogen-bond donors (Lipinski definition) is 0. The summed E-state index contributed by atoms with van der Waals surface area (Å²) in [5, 5.41) is 0. The van der Waals surface area contributed by atoms with Gasteiger partial charge in [-0.1, -0.05) is 6.04 Å². The second-order valence-electron chi connectivity index (χ2n) is 7.38. The first-order chi connectivity index (χ1) is 16.7. The highest BCUT2D eigenvalue weighted by molar-refractivity contribution is 6.08. The van der Waals surface area contributed by atoms with Crippen molar-refractivity contribution in [2.24, 2.45) is 0 Å². The summed E-state index contributed by atoms with van der Waals surface area (Å²) < 4.78 is 298. The van der Waals surface area contributed by atoms with Crippen LogP contribution >= 0.6 is 0 Å². The third-order valence-electron chi connectivity index (χ3n) is 4.60. The Morgan fingerprint density at radius 3 is 0.974 bits per heavy atom. The van der Waals surface area contributed by atoms with Crippen LogP contribution in [0.15, 0.2) is 0 Å². The molecular formula is C14H11F22NOSi. The van der Waals surface area contributed by atoms with Crippen molar-refractivity contribution in [2.75, 3.05) is 13.2 Å². The molecule has 0 heterocycles. The van der Waals surface area contributed by atoms with Gasteiger partial charge in [-0.15, -0.1) is 4.90 Å². The minimum atomic E-state index is -9.30.